The lowest BCUT2D eigenvalue weighted by Gasteiger charge is -2.39. The van der Waals surface area contributed by atoms with Gasteiger partial charge in [0, 0.05) is 24.5 Å². The van der Waals surface area contributed by atoms with E-state index in [0.717, 1.165) is 12.8 Å². The molecule has 3 N–H and O–H groups in total. The number of hydrogen-bond acceptors (Lipinski definition) is 3. The SMILES string of the molecule is CC1CC(C)C(C(=O)N(CCO)C(C)C)CC1N. The van der Waals surface area contributed by atoms with E-state index in [0.29, 0.717) is 18.4 Å². The normalized spacial score (nSPS) is 32.6. The summed E-state index contributed by atoms with van der Waals surface area (Å²) in [5, 5.41) is 9.07. The Kier molecular flexibility index (Phi) is 5.60. The molecular weight excluding hydrogens is 228 g/mol. The molecule has 1 amide bonds. The summed E-state index contributed by atoms with van der Waals surface area (Å²) in [7, 11) is 0. The molecule has 0 heterocycles. The highest BCUT2D eigenvalue weighted by atomic mass is 16.3. The van der Waals surface area contributed by atoms with E-state index in [1.54, 1.807) is 4.90 Å². The largest absolute Gasteiger partial charge is 0.395 e. The van der Waals surface area contributed by atoms with Gasteiger partial charge < -0.3 is 15.7 Å². The van der Waals surface area contributed by atoms with Crippen molar-refractivity contribution < 1.29 is 9.90 Å². The van der Waals surface area contributed by atoms with Gasteiger partial charge in [-0.3, -0.25) is 4.79 Å². The topological polar surface area (TPSA) is 66.6 Å². The Balaban J connectivity index is 2.75. The van der Waals surface area contributed by atoms with Crippen LogP contribution in [0, 0.1) is 17.8 Å². The molecule has 0 spiro atoms. The van der Waals surface area contributed by atoms with Gasteiger partial charge in [-0.2, -0.15) is 0 Å². The Morgan fingerprint density at radius 2 is 1.94 bits per heavy atom. The third-order valence-electron chi connectivity index (χ3n) is 4.25. The van der Waals surface area contributed by atoms with Crippen molar-refractivity contribution in [2.24, 2.45) is 23.5 Å². The minimum Gasteiger partial charge on any atom is -0.395 e. The van der Waals surface area contributed by atoms with Crippen molar-refractivity contribution >= 4 is 5.91 Å². The van der Waals surface area contributed by atoms with Gasteiger partial charge in [0.15, 0.2) is 0 Å². The molecule has 1 aliphatic carbocycles. The van der Waals surface area contributed by atoms with E-state index >= 15 is 0 Å². The van der Waals surface area contributed by atoms with Crippen LogP contribution in [0.3, 0.4) is 0 Å². The van der Waals surface area contributed by atoms with Gasteiger partial charge in [-0.25, -0.2) is 0 Å². The molecule has 1 fully saturated rings. The fourth-order valence-corrected chi connectivity index (χ4v) is 2.97. The zero-order chi connectivity index (χ0) is 13.9. The number of rotatable bonds is 4. The van der Waals surface area contributed by atoms with Crippen LogP contribution in [0.4, 0.5) is 0 Å². The minimum absolute atomic E-state index is 0.0187. The van der Waals surface area contributed by atoms with Crippen molar-refractivity contribution in [3.63, 3.8) is 0 Å². The first kappa shape index (κ1) is 15.4. The Morgan fingerprint density at radius 1 is 1.33 bits per heavy atom. The third-order valence-corrected chi connectivity index (χ3v) is 4.25. The van der Waals surface area contributed by atoms with E-state index in [-0.39, 0.29) is 30.5 Å². The Hall–Kier alpha value is -0.610. The number of amides is 1. The summed E-state index contributed by atoms with van der Waals surface area (Å²) in [5.41, 5.74) is 6.10. The summed E-state index contributed by atoms with van der Waals surface area (Å²) >= 11 is 0. The van der Waals surface area contributed by atoms with E-state index in [4.69, 9.17) is 10.8 Å². The molecule has 0 aromatic rings. The molecule has 0 saturated heterocycles. The summed E-state index contributed by atoms with van der Waals surface area (Å²) in [6, 6.07) is 0.255. The molecule has 1 rings (SSSR count). The van der Waals surface area contributed by atoms with Crippen molar-refractivity contribution in [2.75, 3.05) is 13.2 Å². The lowest BCUT2D eigenvalue weighted by Crippen LogP contribution is -2.49. The molecule has 4 atom stereocenters. The monoisotopic (exact) mass is 256 g/mol. The number of carbonyl (C=O) groups excluding carboxylic acids is 1. The van der Waals surface area contributed by atoms with Crippen molar-refractivity contribution in [3.05, 3.63) is 0 Å². The number of aliphatic hydroxyl groups excluding tert-OH is 1. The standard InChI is InChI=1S/C14H28N2O2/c1-9(2)16(5-6-17)14(18)12-8-13(15)11(4)7-10(12)3/h9-13,17H,5-8,15H2,1-4H3. The molecule has 0 aromatic carbocycles. The van der Waals surface area contributed by atoms with Crippen LogP contribution < -0.4 is 5.73 Å². The second kappa shape index (κ2) is 6.53. The van der Waals surface area contributed by atoms with Crippen LogP contribution in [0.15, 0.2) is 0 Å². The predicted octanol–water partition coefficient (Wildman–Crippen LogP) is 1.23. The summed E-state index contributed by atoms with van der Waals surface area (Å²) in [6.45, 7) is 8.73. The van der Waals surface area contributed by atoms with Crippen LogP contribution in [0.25, 0.3) is 0 Å². The van der Waals surface area contributed by atoms with Crippen molar-refractivity contribution in [2.45, 2.75) is 52.6 Å². The van der Waals surface area contributed by atoms with Gasteiger partial charge in [0.05, 0.1) is 6.61 Å². The first-order chi connectivity index (χ1) is 8.38. The van der Waals surface area contributed by atoms with Gasteiger partial charge in [-0.1, -0.05) is 13.8 Å². The zero-order valence-electron chi connectivity index (χ0n) is 12.1. The number of nitrogens with zero attached hydrogens (tertiary/aromatic N) is 1. The lowest BCUT2D eigenvalue weighted by atomic mass is 9.72. The number of carbonyl (C=O) groups is 1. The Labute approximate surface area is 111 Å². The summed E-state index contributed by atoms with van der Waals surface area (Å²) < 4.78 is 0. The lowest BCUT2D eigenvalue weighted by molar-refractivity contribution is -0.141. The molecule has 4 unspecified atom stereocenters. The highest BCUT2D eigenvalue weighted by molar-refractivity contribution is 5.79. The maximum atomic E-state index is 12.6. The molecule has 0 radical (unpaired) electrons. The zero-order valence-corrected chi connectivity index (χ0v) is 12.1. The van der Waals surface area contributed by atoms with Crippen LogP contribution in [0.5, 0.6) is 0 Å². The third kappa shape index (κ3) is 3.45. The molecule has 106 valence electrons. The average molecular weight is 256 g/mol. The van der Waals surface area contributed by atoms with Crippen LogP contribution in [0.2, 0.25) is 0 Å². The van der Waals surface area contributed by atoms with Gasteiger partial charge in [0.25, 0.3) is 0 Å². The Bertz CT molecular complexity index is 281. The molecule has 0 aromatic heterocycles. The summed E-state index contributed by atoms with van der Waals surface area (Å²) in [6.07, 6.45) is 1.79. The molecule has 18 heavy (non-hydrogen) atoms. The summed E-state index contributed by atoms with van der Waals surface area (Å²) in [5.74, 6) is 1.06. The quantitative estimate of drug-likeness (QED) is 0.795. The fourth-order valence-electron chi connectivity index (χ4n) is 2.97. The highest BCUT2D eigenvalue weighted by Crippen LogP contribution is 2.34. The first-order valence-electron chi connectivity index (χ1n) is 7.05. The molecule has 0 aliphatic heterocycles. The Morgan fingerprint density at radius 3 is 2.44 bits per heavy atom. The minimum atomic E-state index is 0.0187. The molecular formula is C14H28N2O2. The summed E-state index contributed by atoms with van der Waals surface area (Å²) in [4.78, 5) is 14.3. The van der Waals surface area contributed by atoms with E-state index in [2.05, 4.69) is 13.8 Å². The first-order valence-corrected chi connectivity index (χ1v) is 7.05. The smallest absolute Gasteiger partial charge is 0.226 e. The van der Waals surface area contributed by atoms with Crippen molar-refractivity contribution in [3.8, 4) is 0 Å². The van der Waals surface area contributed by atoms with Crippen LogP contribution >= 0.6 is 0 Å². The van der Waals surface area contributed by atoms with Gasteiger partial charge in [-0.15, -0.1) is 0 Å². The molecule has 0 bridgehead atoms. The molecule has 4 heteroatoms. The number of aliphatic hydroxyl groups is 1. The average Bonchev–Trinajstić information content (AvgIpc) is 2.29. The van der Waals surface area contributed by atoms with Gasteiger partial charge in [0.1, 0.15) is 0 Å². The van der Waals surface area contributed by atoms with E-state index < -0.39 is 0 Å². The fraction of sp³-hybridized carbons (Fsp3) is 0.929. The second-order valence-corrected chi connectivity index (χ2v) is 6.05. The number of hydrogen-bond donors (Lipinski definition) is 2. The molecule has 4 nitrogen and oxygen atoms in total. The maximum Gasteiger partial charge on any atom is 0.226 e. The predicted molar refractivity (Wildman–Crippen MR) is 73.0 cm³/mol. The number of nitrogens with two attached hydrogens (primary N) is 1. The van der Waals surface area contributed by atoms with Gasteiger partial charge in [0.2, 0.25) is 5.91 Å². The molecule has 1 saturated carbocycles. The van der Waals surface area contributed by atoms with E-state index in [1.165, 1.54) is 0 Å². The van der Waals surface area contributed by atoms with Crippen LogP contribution in [0.1, 0.15) is 40.5 Å². The van der Waals surface area contributed by atoms with Gasteiger partial charge >= 0.3 is 0 Å². The van der Waals surface area contributed by atoms with E-state index in [9.17, 15) is 4.79 Å². The maximum absolute atomic E-state index is 12.6. The van der Waals surface area contributed by atoms with Crippen LogP contribution in [-0.2, 0) is 4.79 Å². The van der Waals surface area contributed by atoms with Crippen molar-refractivity contribution in [1.29, 1.82) is 0 Å². The van der Waals surface area contributed by atoms with E-state index in [1.807, 2.05) is 13.8 Å². The van der Waals surface area contributed by atoms with Crippen molar-refractivity contribution in [1.82, 2.24) is 4.90 Å². The molecule has 1 aliphatic rings. The van der Waals surface area contributed by atoms with Crippen LogP contribution in [-0.4, -0.2) is 41.1 Å². The highest BCUT2D eigenvalue weighted by Gasteiger charge is 2.37. The van der Waals surface area contributed by atoms with Gasteiger partial charge in [-0.05, 0) is 38.5 Å². The second-order valence-electron chi connectivity index (χ2n) is 6.05.